The van der Waals surface area contributed by atoms with Crippen LogP contribution in [0.25, 0.3) is 5.69 Å². The molecular formula is C14H18ClN5O. The van der Waals surface area contributed by atoms with E-state index in [1.54, 1.807) is 29.2 Å². The first-order chi connectivity index (χ1) is 10.1. The molecule has 2 rings (SSSR count). The van der Waals surface area contributed by atoms with Crippen LogP contribution in [0.3, 0.4) is 0 Å². The summed E-state index contributed by atoms with van der Waals surface area (Å²) >= 11 is 5.99. The summed E-state index contributed by atoms with van der Waals surface area (Å²) < 4.78 is 1.58. The van der Waals surface area contributed by atoms with Crippen molar-refractivity contribution >= 4 is 23.2 Å². The average molecular weight is 308 g/mol. The minimum Gasteiger partial charge on any atom is -0.328 e. The number of nitrogens with one attached hydrogen (secondary N) is 1. The van der Waals surface area contributed by atoms with E-state index >= 15 is 0 Å². The van der Waals surface area contributed by atoms with E-state index in [-0.39, 0.29) is 11.9 Å². The summed E-state index contributed by atoms with van der Waals surface area (Å²) in [6, 6.07) is 5.33. The van der Waals surface area contributed by atoms with Crippen LogP contribution >= 0.6 is 11.6 Å². The Morgan fingerprint density at radius 1 is 1.52 bits per heavy atom. The number of rotatable bonds is 6. The lowest BCUT2D eigenvalue weighted by molar-refractivity contribution is -0.116. The Bertz CT molecular complexity index is 597. The first-order valence-corrected chi connectivity index (χ1v) is 7.14. The van der Waals surface area contributed by atoms with Crippen LogP contribution in [-0.4, -0.2) is 26.7 Å². The van der Waals surface area contributed by atoms with Crippen LogP contribution in [0.5, 0.6) is 0 Å². The molecule has 112 valence electrons. The van der Waals surface area contributed by atoms with Crippen LogP contribution in [-0.2, 0) is 4.79 Å². The maximum Gasteiger partial charge on any atom is 0.224 e. The van der Waals surface area contributed by atoms with Gasteiger partial charge in [-0.3, -0.25) is 4.79 Å². The summed E-state index contributed by atoms with van der Waals surface area (Å²) in [5, 5.41) is 7.47. The smallest absolute Gasteiger partial charge is 0.224 e. The van der Waals surface area contributed by atoms with E-state index in [2.05, 4.69) is 15.4 Å². The molecule has 1 unspecified atom stereocenters. The summed E-state index contributed by atoms with van der Waals surface area (Å²) in [6.07, 6.45) is 4.99. The van der Waals surface area contributed by atoms with E-state index in [4.69, 9.17) is 17.3 Å². The molecule has 7 heteroatoms. The van der Waals surface area contributed by atoms with Crippen molar-refractivity contribution in [2.24, 2.45) is 5.73 Å². The first kappa shape index (κ1) is 15.5. The van der Waals surface area contributed by atoms with Crippen molar-refractivity contribution in [2.45, 2.75) is 32.2 Å². The standard InChI is InChI=1S/C14H18ClN5O/c1-10(16)3-2-4-14(21)19-12-7-11(15)5-6-13(12)20-9-17-8-18-20/h5-10H,2-4,16H2,1H3,(H,19,21). The molecule has 0 bridgehead atoms. The predicted molar refractivity (Wildman–Crippen MR) is 82.5 cm³/mol. The van der Waals surface area contributed by atoms with E-state index in [0.717, 1.165) is 18.5 Å². The Balaban J connectivity index is 2.08. The van der Waals surface area contributed by atoms with Gasteiger partial charge in [-0.05, 0) is 38.0 Å². The van der Waals surface area contributed by atoms with Crippen molar-refractivity contribution in [2.75, 3.05) is 5.32 Å². The minimum absolute atomic E-state index is 0.0701. The maximum absolute atomic E-state index is 12.0. The van der Waals surface area contributed by atoms with Gasteiger partial charge in [0, 0.05) is 17.5 Å². The number of amides is 1. The normalized spacial score (nSPS) is 12.1. The molecule has 0 aliphatic rings. The van der Waals surface area contributed by atoms with Gasteiger partial charge in [0.25, 0.3) is 0 Å². The lowest BCUT2D eigenvalue weighted by Crippen LogP contribution is -2.17. The Morgan fingerprint density at radius 2 is 2.33 bits per heavy atom. The van der Waals surface area contributed by atoms with Gasteiger partial charge in [0.15, 0.2) is 0 Å². The number of nitrogens with zero attached hydrogens (tertiary/aromatic N) is 3. The lowest BCUT2D eigenvalue weighted by atomic mass is 10.1. The van der Waals surface area contributed by atoms with E-state index in [1.165, 1.54) is 6.33 Å². The molecule has 0 radical (unpaired) electrons. The molecule has 21 heavy (non-hydrogen) atoms. The quantitative estimate of drug-likeness (QED) is 0.858. The molecule has 0 aliphatic carbocycles. The van der Waals surface area contributed by atoms with Gasteiger partial charge < -0.3 is 11.1 Å². The van der Waals surface area contributed by atoms with Crippen LogP contribution in [0.15, 0.2) is 30.9 Å². The molecule has 1 atom stereocenters. The topological polar surface area (TPSA) is 85.8 Å². The fourth-order valence-corrected chi connectivity index (χ4v) is 2.11. The average Bonchev–Trinajstić information content (AvgIpc) is 2.92. The van der Waals surface area contributed by atoms with Crippen molar-refractivity contribution in [3.8, 4) is 5.69 Å². The monoisotopic (exact) mass is 307 g/mol. The SMILES string of the molecule is CC(N)CCCC(=O)Nc1cc(Cl)ccc1-n1cncn1. The maximum atomic E-state index is 12.0. The Labute approximate surface area is 128 Å². The molecule has 1 amide bonds. The van der Waals surface area contributed by atoms with Gasteiger partial charge in [0.2, 0.25) is 5.91 Å². The van der Waals surface area contributed by atoms with Gasteiger partial charge >= 0.3 is 0 Å². The number of anilines is 1. The highest BCUT2D eigenvalue weighted by Crippen LogP contribution is 2.24. The highest BCUT2D eigenvalue weighted by atomic mass is 35.5. The minimum atomic E-state index is -0.0701. The molecule has 6 nitrogen and oxygen atoms in total. The number of carbonyl (C=O) groups excluding carboxylic acids is 1. The molecule has 3 N–H and O–H groups in total. The van der Waals surface area contributed by atoms with Crippen LogP contribution in [0.1, 0.15) is 26.2 Å². The fourth-order valence-electron chi connectivity index (χ4n) is 1.94. The number of aromatic nitrogens is 3. The van der Waals surface area contributed by atoms with Gasteiger partial charge in [0.1, 0.15) is 12.7 Å². The number of hydrogen-bond donors (Lipinski definition) is 2. The largest absolute Gasteiger partial charge is 0.328 e. The van der Waals surface area contributed by atoms with E-state index in [1.807, 2.05) is 6.92 Å². The highest BCUT2D eigenvalue weighted by Gasteiger charge is 2.10. The number of nitrogens with two attached hydrogens (primary N) is 1. The summed E-state index contributed by atoms with van der Waals surface area (Å²) in [7, 11) is 0. The van der Waals surface area contributed by atoms with Gasteiger partial charge in [0.05, 0.1) is 11.4 Å². The summed E-state index contributed by atoms with van der Waals surface area (Å²) in [5.74, 6) is -0.0701. The third kappa shape index (κ3) is 4.54. The second-order valence-electron chi connectivity index (χ2n) is 4.92. The van der Waals surface area contributed by atoms with Crippen LogP contribution in [0, 0.1) is 0 Å². The van der Waals surface area contributed by atoms with Crippen molar-refractivity contribution in [1.29, 1.82) is 0 Å². The van der Waals surface area contributed by atoms with Crippen molar-refractivity contribution in [3.05, 3.63) is 35.9 Å². The summed E-state index contributed by atoms with van der Waals surface area (Å²) in [6.45, 7) is 1.93. The zero-order valence-electron chi connectivity index (χ0n) is 11.8. The molecule has 1 heterocycles. The van der Waals surface area contributed by atoms with Crippen molar-refractivity contribution in [1.82, 2.24) is 14.8 Å². The second-order valence-corrected chi connectivity index (χ2v) is 5.36. The van der Waals surface area contributed by atoms with Crippen LogP contribution in [0.4, 0.5) is 5.69 Å². The molecule has 0 saturated heterocycles. The third-order valence-corrected chi connectivity index (χ3v) is 3.20. The molecule has 2 aromatic rings. The predicted octanol–water partition coefficient (Wildman–Crippen LogP) is 2.38. The molecule has 0 spiro atoms. The Kier molecular flexibility index (Phi) is 5.30. The van der Waals surface area contributed by atoms with Gasteiger partial charge in [-0.1, -0.05) is 11.6 Å². The van der Waals surface area contributed by atoms with Gasteiger partial charge in [-0.25, -0.2) is 9.67 Å². The molecule has 1 aromatic carbocycles. The Morgan fingerprint density at radius 3 is 3.00 bits per heavy atom. The molecule has 1 aromatic heterocycles. The zero-order chi connectivity index (χ0) is 15.2. The summed E-state index contributed by atoms with van der Waals surface area (Å²) in [4.78, 5) is 15.9. The number of carbonyl (C=O) groups is 1. The number of benzene rings is 1. The highest BCUT2D eigenvalue weighted by molar-refractivity contribution is 6.31. The fraction of sp³-hybridized carbons (Fsp3) is 0.357. The van der Waals surface area contributed by atoms with Crippen molar-refractivity contribution < 1.29 is 4.79 Å². The van der Waals surface area contributed by atoms with E-state index in [0.29, 0.717) is 17.1 Å². The van der Waals surface area contributed by atoms with Gasteiger partial charge in [-0.15, -0.1) is 0 Å². The first-order valence-electron chi connectivity index (χ1n) is 6.76. The molecular weight excluding hydrogens is 290 g/mol. The molecule has 0 saturated carbocycles. The molecule has 0 fully saturated rings. The van der Waals surface area contributed by atoms with Gasteiger partial charge in [-0.2, -0.15) is 5.10 Å². The van der Waals surface area contributed by atoms with Crippen LogP contribution < -0.4 is 11.1 Å². The second kappa shape index (κ2) is 7.19. The Hall–Kier alpha value is -1.92. The van der Waals surface area contributed by atoms with Crippen molar-refractivity contribution in [3.63, 3.8) is 0 Å². The number of halogens is 1. The molecule has 0 aliphatic heterocycles. The number of hydrogen-bond acceptors (Lipinski definition) is 4. The third-order valence-electron chi connectivity index (χ3n) is 2.96. The van der Waals surface area contributed by atoms with E-state index < -0.39 is 0 Å². The van der Waals surface area contributed by atoms with E-state index in [9.17, 15) is 4.79 Å². The lowest BCUT2D eigenvalue weighted by Gasteiger charge is -2.11. The summed E-state index contributed by atoms with van der Waals surface area (Å²) in [5.41, 5.74) is 7.00. The van der Waals surface area contributed by atoms with Crippen LogP contribution in [0.2, 0.25) is 5.02 Å². The zero-order valence-corrected chi connectivity index (χ0v) is 12.5.